The van der Waals surface area contributed by atoms with Crippen molar-refractivity contribution >= 4 is 21.4 Å². The van der Waals surface area contributed by atoms with Crippen LogP contribution in [0.15, 0.2) is 35.5 Å². The summed E-state index contributed by atoms with van der Waals surface area (Å²) >= 11 is 0. The molecule has 0 aliphatic carbocycles. The first-order chi connectivity index (χ1) is 9.86. The van der Waals surface area contributed by atoms with Gasteiger partial charge < -0.3 is 5.43 Å². The van der Waals surface area contributed by atoms with Crippen molar-refractivity contribution in [3.8, 4) is 0 Å². The zero-order valence-electron chi connectivity index (χ0n) is 10.9. The molecule has 0 saturated heterocycles. The van der Waals surface area contributed by atoms with Gasteiger partial charge in [-0.1, -0.05) is 6.07 Å². The molecule has 6 nitrogen and oxygen atoms in total. The molecule has 1 aromatic heterocycles. The molecule has 0 aliphatic rings. The smallest absolute Gasteiger partial charge is 0.281 e. The fourth-order valence-electron chi connectivity index (χ4n) is 1.65. The van der Waals surface area contributed by atoms with Gasteiger partial charge in [-0.25, -0.2) is 13.8 Å². The van der Waals surface area contributed by atoms with E-state index in [-0.39, 0.29) is 11.3 Å². The van der Waals surface area contributed by atoms with Gasteiger partial charge in [-0.05, 0) is 30.7 Å². The summed E-state index contributed by atoms with van der Waals surface area (Å²) in [5, 5.41) is -0.465. The van der Waals surface area contributed by atoms with Crippen molar-refractivity contribution in [3.05, 3.63) is 47.7 Å². The number of pyridine rings is 1. The van der Waals surface area contributed by atoms with E-state index in [1.807, 2.05) is 4.72 Å². The number of nitrogens with zero attached hydrogens (tertiary/aromatic N) is 1. The summed E-state index contributed by atoms with van der Waals surface area (Å²) in [7, 11) is -4.30. The minimum Gasteiger partial charge on any atom is -0.321 e. The highest BCUT2D eigenvalue weighted by atomic mass is 32.2. The summed E-state index contributed by atoms with van der Waals surface area (Å²) in [6, 6.07) is 5.00. The van der Waals surface area contributed by atoms with E-state index in [1.54, 1.807) is 0 Å². The molecule has 0 spiro atoms. The zero-order valence-corrected chi connectivity index (χ0v) is 11.7. The Kier molecular flexibility index (Phi) is 4.05. The van der Waals surface area contributed by atoms with Gasteiger partial charge in [0.15, 0.2) is 5.82 Å². The fourth-order valence-corrected chi connectivity index (χ4v) is 2.82. The quantitative estimate of drug-likeness (QED) is 0.590. The number of hydrazine groups is 1. The number of aromatic nitrogens is 1. The molecule has 0 aliphatic heterocycles. The average molecular weight is 314 g/mol. The third kappa shape index (κ3) is 2.93. The van der Waals surface area contributed by atoms with Crippen molar-refractivity contribution in [2.45, 2.75) is 11.9 Å². The Morgan fingerprint density at radius 2 is 1.95 bits per heavy atom. The van der Waals surface area contributed by atoms with E-state index in [0.717, 1.165) is 6.07 Å². The van der Waals surface area contributed by atoms with Gasteiger partial charge in [-0.15, -0.1) is 0 Å². The van der Waals surface area contributed by atoms with E-state index in [4.69, 9.17) is 5.84 Å². The van der Waals surface area contributed by atoms with Crippen molar-refractivity contribution in [3.63, 3.8) is 0 Å². The number of aryl methyl sites for hydroxylation is 1. The van der Waals surface area contributed by atoms with Crippen LogP contribution >= 0.6 is 0 Å². The molecular formula is C12H12F2N4O2S. The SMILES string of the molecule is Cc1ccc(F)c(NS(=O)(=O)c2ncccc2NN)c1F. The number of hydrogen-bond donors (Lipinski definition) is 3. The number of nitrogen functional groups attached to an aromatic ring is 1. The molecule has 4 N–H and O–H groups in total. The van der Waals surface area contributed by atoms with Gasteiger partial charge in [0, 0.05) is 6.20 Å². The predicted octanol–water partition coefficient (Wildman–Crippen LogP) is 1.75. The van der Waals surface area contributed by atoms with Crippen molar-refractivity contribution in [1.29, 1.82) is 0 Å². The lowest BCUT2D eigenvalue weighted by Gasteiger charge is -2.12. The molecule has 0 radical (unpaired) electrons. The first kappa shape index (κ1) is 15.1. The molecule has 0 amide bonds. The minimum absolute atomic E-state index is 0.00142. The van der Waals surface area contributed by atoms with Crippen molar-refractivity contribution in [2.24, 2.45) is 5.84 Å². The van der Waals surface area contributed by atoms with Crippen molar-refractivity contribution in [1.82, 2.24) is 4.98 Å². The van der Waals surface area contributed by atoms with Crippen LogP contribution in [0.2, 0.25) is 0 Å². The number of rotatable bonds is 4. The molecule has 0 unspecified atom stereocenters. The lowest BCUT2D eigenvalue weighted by molar-refractivity contribution is 0.578. The van der Waals surface area contributed by atoms with Crippen LogP contribution in [0.5, 0.6) is 0 Å². The highest BCUT2D eigenvalue weighted by Gasteiger charge is 2.24. The van der Waals surface area contributed by atoms with Crippen molar-refractivity contribution in [2.75, 3.05) is 10.1 Å². The van der Waals surface area contributed by atoms with Crippen LogP contribution in [0, 0.1) is 18.6 Å². The Morgan fingerprint density at radius 1 is 1.24 bits per heavy atom. The Morgan fingerprint density at radius 3 is 2.62 bits per heavy atom. The molecular weight excluding hydrogens is 302 g/mol. The van der Waals surface area contributed by atoms with Crippen LogP contribution in [0.3, 0.4) is 0 Å². The van der Waals surface area contributed by atoms with E-state index < -0.39 is 32.4 Å². The van der Waals surface area contributed by atoms with Crippen LogP contribution in [0.25, 0.3) is 0 Å². The third-order valence-corrected chi connectivity index (χ3v) is 4.01. The topological polar surface area (TPSA) is 97.1 Å². The Labute approximate surface area is 120 Å². The molecule has 112 valence electrons. The van der Waals surface area contributed by atoms with Crippen LogP contribution < -0.4 is 16.0 Å². The average Bonchev–Trinajstić information content (AvgIpc) is 2.47. The lowest BCUT2D eigenvalue weighted by Crippen LogP contribution is -2.20. The van der Waals surface area contributed by atoms with E-state index in [1.165, 1.54) is 31.3 Å². The first-order valence-electron chi connectivity index (χ1n) is 5.76. The maximum absolute atomic E-state index is 13.9. The standard InChI is InChI=1S/C12H12F2N4O2S/c1-7-4-5-8(13)11(10(7)14)18-21(19,20)12-9(17-15)3-2-6-16-12/h2-6,17-18H,15H2,1H3. The van der Waals surface area contributed by atoms with E-state index in [9.17, 15) is 17.2 Å². The number of benzene rings is 1. The van der Waals surface area contributed by atoms with Crippen LogP contribution in [0.1, 0.15) is 5.56 Å². The van der Waals surface area contributed by atoms with Gasteiger partial charge in [-0.3, -0.25) is 10.6 Å². The second-order valence-electron chi connectivity index (χ2n) is 4.16. The van der Waals surface area contributed by atoms with Gasteiger partial charge >= 0.3 is 0 Å². The number of anilines is 2. The summed E-state index contributed by atoms with van der Waals surface area (Å²) in [5.41, 5.74) is 1.50. The molecule has 0 saturated carbocycles. The van der Waals surface area contributed by atoms with Crippen molar-refractivity contribution < 1.29 is 17.2 Å². The Hall–Kier alpha value is -2.26. The molecule has 0 fully saturated rings. The minimum atomic E-state index is -4.30. The molecule has 0 bridgehead atoms. The summed E-state index contributed by atoms with van der Waals surface area (Å²) in [6.45, 7) is 1.39. The molecule has 21 heavy (non-hydrogen) atoms. The highest BCUT2D eigenvalue weighted by molar-refractivity contribution is 7.92. The monoisotopic (exact) mass is 314 g/mol. The number of nitrogens with two attached hydrogens (primary N) is 1. The molecule has 2 rings (SSSR count). The fraction of sp³-hybridized carbons (Fsp3) is 0.0833. The molecule has 2 aromatic rings. The second kappa shape index (κ2) is 5.62. The van der Waals surface area contributed by atoms with E-state index >= 15 is 0 Å². The van der Waals surface area contributed by atoms with E-state index in [2.05, 4.69) is 10.4 Å². The Bertz CT molecular complexity index is 781. The summed E-state index contributed by atoms with van der Waals surface area (Å²) in [4.78, 5) is 3.66. The maximum Gasteiger partial charge on any atom is 0.281 e. The number of halogens is 2. The van der Waals surface area contributed by atoms with Gasteiger partial charge in [0.1, 0.15) is 11.5 Å². The normalized spacial score (nSPS) is 11.2. The summed E-state index contributed by atoms with van der Waals surface area (Å²) < 4.78 is 53.7. The number of hydrogen-bond acceptors (Lipinski definition) is 5. The zero-order chi connectivity index (χ0) is 15.6. The van der Waals surface area contributed by atoms with Crippen LogP contribution in [0.4, 0.5) is 20.2 Å². The van der Waals surface area contributed by atoms with Gasteiger partial charge in [0.25, 0.3) is 10.0 Å². The highest BCUT2D eigenvalue weighted by Crippen LogP contribution is 2.26. The molecule has 1 heterocycles. The maximum atomic E-state index is 13.9. The van der Waals surface area contributed by atoms with Gasteiger partial charge in [0.2, 0.25) is 5.03 Å². The number of sulfonamides is 1. The Balaban J connectivity index is 2.50. The second-order valence-corrected chi connectivity index (χ2v) is 5.76. The van der Waals surface area contributed by atoms with E-state index in [0.29, 0.717) is 0 Å². The van der Waals surface area contributed by atoms with Gasteiger partial charge in [0.05, 0.1) is 5.69 Å². The third-order valence-electron chi connectivity index (χ3n) is 2.70. The summed E-state index contributed by atoms with van der Waals surface area (Å²) in [5.74, 6) is 3.18. The molecule has 9 heteroatoms. The largest absolute Gasteiger partial charge is 0.321 e. The predicted molar refractivity (Wildman–Crippen MR) is 74.0 cm³/mol. The van der Waals surface area contributed by atoms with Crippen LogP contribution in [-0.4, -0.2) is 13.4 Å². The lowest BCUT2D eigenvalue weighted by atomic mass is 10.2. The first-order valence-corrected chi connectivity index (χ1v) is 7.24. The molecule has 0 atom stereocenters. The summed E-state index contributed by atoms with van der Waals surface area (Å²) in [6.07, 6.45) is 1.22. The van der Waals surface area contributed by atoms with Crippen LogP contribution in [-0.2, 0) is 10.0 Å². The molecule has 1 aromatic carbocycles. The van der Waals surface area contributed by atoms with Gasteiger partial charge in [-0.2, -0.15) is 8.42 Å². The number of nitrogens with one attached hydrogen (secondary N) is 2.